The van der Waals surface area contributed by atoms with Gasteiger partial charge in [0.1, 0.15) is 5.75 Å². The van der Waals surface area contributed by atoms with Crippen molar-refractivity contribution in [3.8, 4) is 17.2 Å². The molecular formula is C18H13N7O2S. The fourth-order valence-electron chi connectivity index (χ4n) is 2.90. The predicted molar refractivity (Wildman–Crippen MR) is 103 cm³/mol. The van der Waals surface area contributed by atoms with Gasteiger partial charge in [-0.1, -0.05) is 18.2 Å². The molecule has 0 fully saturated rings. The number of aryl methyl sites for hydroxylation is 1. The number of nitrogen functional groups attached to an aromatic ring is 1. The van der Waals surface area contributed by atoms with Crippen molar-refractivity contribution in [3.05, 3.63) is 48.0 Å². The Kier molecular flexibility index (Phi) is 3.66. The molecule has 3 heterocycles. The van der Waals surface area contributed by atoms with E-state index in [1.807, 2.05) is 25.1 Å². The Hall–Kier alpha value is -3.66. The van der Waals surface area contributed by atoms with Gasteiger partial charge in [-0.2, -0.15) is 0 Å². The number of phenolic OH excluding ortho intramolecular Hbond substituents is 1. The molecule has 3 N–H and O–H groups in total. The van der Waals surface area contributed by atoms with Gasteiger partial charge in [0, 0.05) is 0 Å². The molecule has 0 spiro atoms. The molecule has 0 aliphatic carbocycles. The summed E-state index contributed by atoms with van der Waals surface area (Å²) in [6, 6.07) is 12.6. The predicted octanol–water partition coefficient (Wildman–Crippen LogP) is 3.07. The van der Waals surface area contributed by atoms with Crippen molar-refractivity contribution in [2.24, 2.45) is 0 Å². The smallest absolute Gasteiger partial charge is 0.283 e. The lowest BCUT2D eigenvalue weighted by molar-refractivity contribution is 0.452. The third-order valence-corrected chi connectivity index (χ3v) is 5.00. The molecule has 28 heavy (non-hydrogen) atoms. The number of benzene rings is 2. The van der Waals surface area contributed by atoms with Crippen LogP contribution in [0.3, 0.4) is 0 Å². The topological polar surface area (TPSA) is 128 Å². The summed E-state index contributed by atoms with van der Waals surface area (Å²) in [6.45, 7) is 1.99. The zero-order chi connectivity index (χ0) is 19.3. The minimum Gasteiger partial charge on any atom is -0.507 e. The second-order valence-electron chi connectivity index (χ2n) is 6.12. The van der Waals surface area contributed by atoms with Gasteiger partial charge >= 0.3 is 0 Å². The number of nitrogens with two attached hydrogens (primary N) is 1. The Morgan fingerprint density at radius 3 is 2.79 bits per heavy atom. The Labute approximate surface area is 162 Å². The largest absolute Gasteiger partial charge is 0.507 e. The maximum atomic E-state index is 9.97. The van der Waals surface area contributed by atoms with E-state index in [0.29, 0.717) is 16.2 Å². The Morgan fingerprint density at radius 1 is 1.07 bits per heavy atom. The summed E-state index contributed by atoms with van der Waals surface area (Å²) >= 11 is 1.16. The van der Waals surface area contributed by atoms with E-state index >= 15 is 0 Å². The first-order chi connectivity index (χ1) is 13.6. The molecule has 9 nitrogen and oxygen atoms in total. The molecule has 138 valence electrons. The van der Waals surface area contributed by atoms with Crippen molar-refractivity contribution >= 4 is 34.4 Å². The van der Waals surface area contributed by atoms with Gasteiger partial charge in [-0.3, -0.25) is 4.40 Å². The third kappa shape index (κ3) is 2.62. The highest BCUT2D eigenvalue weighted by atomic mass is 32.2. The third-order valence-electron chi connectivity index (χ3n) is 4.20. The van der Waals surface area contributed by atoms with Gasteiger partial charge in [0.2, 0.25) is 5.95 Å². The van der Waals surface area contributed by atoms with Crippen molar-refractivity contribution in [1.29, 1.82) is 0 Å². The van der Waals surface area contributed by atoms with Crippen LogP contribution in [0.5, 0.6) is 5.75 Å². The number of rotatable bonds is 3. The first-order valence-electron chi connectivity index (χ1n) is 8.31. The number of phenols is 1. The molecule has 2 aromatic carbocycles. The van der Waals surface area contributed by atoms with Crippen LogP contribution in [0.1, 0.15) is 5.56 Å². The van der Waals surface area contributed by atoms with E-state index in [-0.39, 0.29) is 22.8 Å². The van der Waals surface area contributed by atoms with E-state index in [0.717, 1.165) is 28.4 Å². The van der Waals surface area contributed by atoms with Gasteiger partial charge in [-0.15, -0.1) is 20.4 Å². The number of para-hydroxylation sites is 1. The Balaban J connectivity index is 1.61. The zero-order valence-electron chi connectivity index (χ0n) is 14.6. The van der Waals surface area contributed by atoms with Crippen LogP contribution in [0.25, 0.3) is 28.1 Å². The summed E-state index contributed by atoms with van der Waals surface area (Å²) in [5.41, 5.74) is 9.63. The van der Waals surface area contributed by atoms with Crippen molar-refractivity contribution in [2.75, 3.05) is 5.73 Å². The number of fused-ring (bicyclic) bond motifs is 3. The van der Waals surface area contributed by atoms with E-state index in [1.54, 1.807) is 28.7 Å². The average molecular weight is 391 g/mol. The number of nitrogens with zero attached hydrogens (tertiary/aromatic N) is 6. The molecule has 0 atom stereocenters. The van der Waals surface area contributed by atoms with Gasteiger partial charge in [-0.25, -0.2) is 4.98 Å². The average Bonchev–Trinajstić information content (AvgIpc) is 3.30. The first kappa shape index (κ1) is 16.5. The summed E-state index contributed by atoms with van der Waals surface area (Å²) in [6.07, 6.45) is 0. The lowest BCUT2D eigenvalue weighted by Crippen LogP contribution is -1.99. The molecule has 0 aliphatic heterocycles. The van der Waals surface area contributed by atoms with Crippen LogP contribution in [-0.2, 0) is 0 Å². The molecular weight excluding hydrogens is 378 g/mol. The Bertz CT molecular complexity index is 1340. The number of aromatic hydroxyl groups is 1. The van der Waals surface area contributed by atoms with Crippen LogP contribution in [-0.4, -0.2) is 34.9 Å². The lowest BCUT2D eigenvalue weighted by Gasteiger charge is -2.06. The van der Waals surface area contributed by atoms with E-state index in [4.69, 9.17) is 10.2 Å². The highest BCUT2D eigenvalue weighted by molar-refractivity contribution is 7.99. The monoisotopic (exact) mass is 391 g/mol. The molecule has 0 radical (unpaired) electrons. The van der Waals surface area contributed by atoms with E-state index < -0.39 is 0 Å². The fourth-order valence-corrected chi connectivity index (χ4v) is 3.64. The van der Waals surface area contributed by atoms with Gasteiger partial charge < -0.3 is 15.3 Å². The zero-order valence-corrected chi connectivity index (χ0v) is 15.4. The lowest BCUT2D eigenvalue weighted by atomic mass is 10.2. The van der Waals surface area contributed by atoms with Gasteiger partial charge in [-0.05, 0) is 48.5 Å². The Morgan fingerprint density at radius 2 is 1.93 bits per heavy atom. The molecule has 0 aliphatic rings. The molecule has 0 bridgehead atoms. The maximum Gasteiger partial charge on any atom is 0.283 e. The molecule has 10 heteroatoms. The van der Waals surface area contributed by atoms with Crippen molar-refractivity contribution < 1.29 is 9.52 Å². The summed E-state index contributed by atoms with van der Waals surface area (Å²) < 4.78 is 7.44. The SMILES string of the molecule is Cc1ccc2nc(Sc3nnc(-c4ccccc4O)o3)c3nnc(N)n3c2c1. The highest BCUT2D eigenvalue weighted by Crippen LogP contribution is 2.34. The summed E-state index contributed by atoms with van der Waals surface area (Å²) in [4.78, 5) is 4.66. The quantitative estimate of drug-likeness (QED) is 0.476. The van der Waals surface area contributed by atoms with Crippen LogP contribution in [0.15, 0.2) is 57.1 Å². The summed E-state index contributed by atoms with van der Waals surface area (Å²) in [5.74, 6) is 0.554. The fraction of sp³-hybridized carbons (Fsp3) is 0.0556. The molecule has 0 saturated carbocycles. The molecule has 5 aromatic rings. The van der Waals surface area contributed by atoms with Gasteiger partial charge in [0.25, 0.3) is 11.1 Å². The molecule has 0 amide bonds. The number of hydrogen-bond donors (Lipinski definition) is 2. The summed E-state index contributed by atoms with van der Waals surface area (Å²) in [5, 5.41) is 26.9. The molecule has 0 unspecified atom stereocenters. The van der Waals surface area contributed by atoms with Crippen molar-refractivity contribution in [1.82, 2.24) is 29.8 Å². The molecule has 5 rings (SSSR count). The highest BCUT2D eigenvalue weighted by Gasteiger charge is 2.18. The van der Waals surface area contributed by atoms with Crippen LogP contribution in [0.4, 0.5) is 5.95 Å². The van der Waals surface area contributed by atoms with Gasteiger partial charge in [0.05, 0.1) is 16.6 Å². The minimum absolute atomic E-state index is 0.0644. The standard InChI is InChI=1S/C18H13N7O2S/c1-9-6-7-11-12(8-9)25-14(21-23-17(25)19)16(20-11)28-18-24-22-15(27-18)10-4-2-3-5-13(10)26/h2-8,26H,1H3,(H2,19,23). The summed E-state index contributed by atoms with van der Waals surface area (Å²) in [7, 11) is 0. The van der Waals surface area contributed by atoms with Crippen LogP contribution in [0.2, 0.25) is 0 Å². The van der Waals surface area contributed by atoms with E-state index in [2.05, 4.69) is 25.4 Å². The van der Waals surface area contributed by atoms with Crippen LogP contribution in [0, 0.1) is 6.92 Å². The number of anilines is 1. The number of aromatic nitrogens is 6. The van der Waals surface area contributed by atoms with Crippen molar-refractivity contribution in [2.45, 2.75) is 17.2 Å². The second kappa shape index (κ2) is 6.20. The first-order valence-corrected chi connectivity index (χ1v) is 9.12. The normalized spacial score (nSPS) is 11.5. The van der Waals surface area contributed by atoms with E-state index in [9.17, 15) is 5.11 Å². The molecule has 3 aromatic heterocycles. The minimum atomic E-state index is 0.0644. The maximum absolute atomic E-state index is 9.97. The second-order valence-corrected chi connectivity index (χ2v) is 7.06. The van der Waals surface area contributed by atoms with Crippen molar-refractivity contribution in [3.63, 3.8) is 0 Å². The van der Waals surface area contributed by atoms with Gasteiger partial charge in [0.15, 0.2) is 10.7 Å². The van der Waals surface area contributed by atoms with Crippen LogP contribution < -0.4 is 5.73 Å². The van der Waals surface area contributed by atoms with E-state index in [1.165, 1.54) is 0 Å². The number of hydrogen-bond acceptors (Lipinski definition) is 9. The van der Waals surface area contributed by atoms with Crippen LogP contribution >= 0.6 is 11.8 Å². The molecule has 0 saturated heterocycles.